The Morgan fingerprint density at radius 3 is 2.70 bits per heavy atom. The minimum Gasteiger partial charge on any atom is -0.399 e. The molecule has 1 saturated carbocycles. The molecule has 2 aliphatic rings. The summed E-state index contributed by atoms with van der Waals surface area (Å²) in [4.78, 5) is 2.72. The molecule has 6 heteroatoms. The Labute approximate surface area is 120 Å². The number of benzene rings is 1. The Morgan fingerprint density at radius 2 is 2.05 bits per heavy atom. The molecule has 1 saturated heterocycles. The summed E-state index contributed by atoms with van der Waals surface area (Å²) in [6.45, 7) is 3.60. The molecule has 2 fully saturated rings. The standard InChI is InChI=1S/C14H21N3O2S/c1-10-8-11(15)2-5-14(10)20(18,19)16-12-6-7-17(9-12)13-3-4-13/h2,5,8,12-13,16H,3-4,6-7,9,15H2,1H3. The minimum atomic E-state index is -3.45. The van der Waals surface area contributed by atoms with Crippen LogP contribution in [0.4, 0.5) is 5.69 Å². The van der Waals surface area contributed by atoms with E-state index in [9.17, 15) is 8.42 Å². The monoisotopic (exact) mass is 295 g/mol. The largest absolute Gasteiger partial charge is 0.399 e. The third kappa shape index (κ3) is 2.82. The maximum absolute atomic E-state index is 12.4. The Kier molecular flexibility index (Phi) is 3.48. The fourth-order valence-corrected chi connectivity index (χ4v) is 4.40. The molecule has 0 aromatic heterocycles. The van der Waals surface area contributed by atoms with Crippen molar-refractivity contribution in [1.29, 1.82) is 0 Å². The number of nitrogens with two attached hydrogens (primary N) is 1. The summed E-state index contributed by atoms with van der Waals surface area (Å²) in [5.74, 6) is 0. The number of hydrogen-bond donors (Lipinski definition) is 2. The van der Waals surface area contributed by atoms with Crippen molar-refractivity contribution in [2.45, 2.75) is 43.2 Å². The van der Waals surface area contributed by atoms with E-state index in [0.29, 0.717) is 22.2 Å². The van der Waals surface area contributed by atoms with E-state index in [4.69, 9.17) is 5.73 Å². The van der Waals surface area contributed by atoms with Crippen molar-refractivity contribution in [3.05, 3.63) is 23.8 Å². The number of rotatable bonds is 4. The van der Waals surface area contributed by atoms with Gasteiger partial charge in [-0.25, -0.2) is 13.1 Å². The Morgan fingerprint density at radius 1 is 1.30 bits per heavy atom. The summed E-state index contributed by atoms with van der Waals surface area (Å²) in [6, 6.07) is 5.63. The normalized spacial score (nSPS) is 24.1. The number of nitrogens with one attached hydrogen (secondary N) is 1. The molecule has 3 N–H and O–H groups in total. The van der Waals surface area contributed by atoms with E-state index in [2.05, 4.69) is 9.62 Å². The fourth-order valence-electron chi connectivity index (χ4n) is 2.91. The molecule has 1 aromatic rings. The summed E-state index contributed by atoms with van der Waals surface area (Å²) >= 11 is 0. The lowest BCUT2D eigenvalue weighted by atomic mass is 10.2. The second-order valence-corrected chi connectivity index (χ2v) is 7.54. The number of nitrogens with zero attached hydrogens (tertiary/aromatic N) is 1. The number of nitrogen functional groups attached to an aromatic ring is 1. The zero-order valence-corrected chi connectivity index (χ0v) is 12.5. The molecular weight excluding hydrogens is 274 g/mol. The summed E-state index contributed by atoms with van der Waals surface area (Å²) in [6.07, 6.45) is 3.41. The van der Waals surface area contributed by atoms with Crippen molar-refractivity contribution in [2.24, 2.45) is 0 Å². The average Bonchev–Trinajstić information content (AvgIpc) is 3.10. The van der Waals surface area contributed by atoms with Crippen LogP contribution >= 0.6 is 0 Å². The first-order valence-electron chi connectivity index (χ1n) is 7.08. The van der Waals surface area contributed by atoms with Crippen LogP contribution in [0.1, 0.15) is 24.8 Å². The third-order valence-electron chi connectivity index (χ3n) is 4.09. The van der Waals surface area contributed by atoms with Crippen LogP contribution in [0.5, 0.6) is 0 Å². The van der Waals surface area contributed by atoms with Gasteiger partial charge < -0.3 is 5.73 Å². The van der Waals surface area contributed by atoms with Crippen molar-refractivity contribution in [2.75, 3.05) is 18.8 Å². The zero-order chi connectivity index (χ0) is 14.3. The second-order valence-electron chi connectivity index (χ2n) is 5.86. The van der Waals surface area contributed by atoms with Crippen LogP contribution < -0.4 is 10.5 Å². The molecule has 0 radical (unpaired) electrons. The van der Waals surface area contributed by atoms with Gasteiger partial charge >= 0.3 is 0 Å². The van der Waals surface area contributed by atoms with Crippen LogP contribution in [-0.2, 0) is 10.0 Å². The predicted octanol–water partition coefficient (Wildman–Crippen LogP) is 1.09. The molecule has 0 amide bonds. The molecule has 1 heterocycles. The van der Waals surface area contributed by atoms with Gasteiger partial charge in [0.1, 0.15) is 0 Å². The third-order valence-corrected chi connectivity index (χ3v) is 5.77. The van der Waals surface area contributed by atoms with Crippen molar-refractivity contribution in [3.8, 4) is 0 Å². The molecule has 1 atom stereocenters. The van der Waals surface area contributed by atoms with E-state index in [1.54, 1.807) is 25.1 Å². The lowest BCUT2D eigenvalue weighted by molar-refractivity contribution is 0.322. The summed E-state index contributed by atoms with van der Waals surface area (Å²) in [7, 11) is -3.45. The summed E-state index contributed by atoms with van der Waals surface area (Å²) < 4.78 is 27.7. The van der Waals surface area contributed by atoms with Crippen LogP contribution in [-0.4, -0.2) is 38.5 Å². The summed E-state index contributed by atoms with van der Waals surface area (Å²) in [5.41, 5.74) is 6.95. The van der Waals surface area contributed by atoms with Crippen LogP contribution in [0.15, 0.2) is 23.1 Å². The van der Waals surface area contributed by atoms with E-state index < -0.39 is 10.0 Å². The van der Waals surface area contributed by atoms with Gasteiger partial charge in [-0.2, -0.15) is 0 Å². The van der Waals surface area contributed by atoms with Crippen LogP contribution in [0, 0.1) is 6.92 Å². The van der Waals surface area contributed by atoms with Crippen LogP contribution in [0.3, 0.4) is 0 Å². The molecule has 0 bridgehead atoms. The van der Waals surface area contributed by atoms with Gasteiger partial charge in [-0.1, -0.05) is 0 Å². The molecule has 20 heavy (non-hydrogen) atoms. The van der Waals surface area contributed by atoms with Crippen molar-refractivity contribution in [3.63, 3.8) is 0 Å². The van der Waals surface area contributed by atoms with Crippen molar-refractivity contribution >= 4 is 15.7 Å². The lowest BCUT2D eigenvalue weighted by Crippen LogP contribution is -2.37. The van der Waals surface area contributed by atoms with Gasteiger partial charge in [0.25, 0.3) is 0 Å². The highest BCUT2D eigenvalue weighted by molar-refractivity contribution is 7.89. The number of anilines is 1. The average molecular weight is 295 g/mol. The second kappa shape index (κ2) is 5.02. The first kappa shape index (κ1) is 13.9. The van der Waals surface area contributed by atoms with Crippen LogP contribution in [0.25, 0.3) is 0 Å². The Bertz CT molecular complexity index is 611. The number of aryl methyl sites for hydroxylation is 1. The smallest absolute Gasteiger partial charge is 0.241 e. The molecular formula is C14H21N3O2S. The summed E-state index contributed by atoms with van der Waals surface area (Å²) in [5, 5.41) is 0. The zero-order valence-electron chi connectivity index (χ0n) is 11.7. The molecule has 1 aromatic carbocycles. The van der Waals surface area contributed by atoms with Crippen molar-refractivity contribution in [1.82, 2.24) is 9.62 Å². The Balaban J connectivity index is 1.72. The molecule has 1 unspecified atom stereocenters. The molecule has 110 valence electrons. The van der Waals surface area contributed by atoms with E-state index in [-0.39, 0.29) is 6.04 Å². The molecule has 1 aliphatic heterocycles. The van der Waals surface area contributed by atoms with Gasteiger partial charge in [-0.3, -0.25) is 4.90 Å². The first-order valence-corrected chi connectivity index (χ1v) is 8.56. The molecule has 5 nitrogen and oxygen atoms in total. The topological polar surface area (TPSA) is 75.4 Å². The highest BCUT2D eigenvalue weighted by Gasteiger charge is 2.35. The maximum Gasteiger partial charge on any atom is 0.241 e. The fraction of sp³-hybridized carbons (Fsp3) is 0.571. The first-order chi connectivity index (χ1) is 9.45. The van der Waals surface area contributed by atoms with E-state index in [1.807, 2.05) is 0 Å². The molecule has 3 rings (SSSR count). The highest BCUT2D eigenvalue weighted by atomic mass is 32.2. The SMILES string of the molecule is Cc1cc(N)ccc1S(=O)(=O)NC1CCN(C2CC2)C1. The van der Waals surface area contributed by atoms with Gasteiger partial charge in [0.2, 0.25) is 10.0 Å². The number of sulfonamides is 1. The molecule has 1 aliphatic carbocycles. The van der Waals surface area contributed by atoms with Crippen LogP contribution in [0.2, 0.25) is 0 Å². The lowest BCUT2D eigenvalue weighted by Gasteiger charge is -2.16. The van der Waals surface area contributed by atoms with Gasteiger partial charge in [-0.15, -0.1) is 0 Å². The maximum atomic E-state index is 12.4. The molecule has 0 spiro atoms. The van der Waals surface area contributed by atoms with Gasteiger partial charge in [-0.05, 0) is 49.9 Å². The highest BCUT2D eigenvalue weighted by Crippen LogP contribution is 2.30. The number of hydrogen-bond acceptors (Lipinski definition) is 4. The number of likely N-dealkylation sites (tertiary alicyclic amines) is 1. The van der Waals surface area contributed by atoms with E-state index in [1.165, 1.54) is 12.8 Å². The minimum absolute atomic E-state index is 0.0255. The quantitative estimate of drug-likeness (QED) is 0.815. The van der Waals surface area contributed by atoms with Crippen molar-refractivity contribution < 1.29 is 8.42 Å². The van der Waals surface area contributed by atoms with E-state index >= 15 is 0 Å². The van der Waals surface area contributed by atoms with Gasteiger partial charge in [0.15, 0.2) is 0 Å². The van der Waals surface area contributed by atoms with Gasteiger partial charge in [0.05, 0.1) is 4.90 Å². The van der Waals surface area contributed by atoms with E-state index in [0.717, 1.165) is 19.5 Å². The van der Waals surface area contributed by atoms with Gasteiger partial charge in [0, 0.05) is 30.9 Å². The Hall–Kier alpha value is -1.11. The predicted molar refractivity (Wildman–Crippen MR) is 78.9 cm³/mol.